The van der Waals surface area contributed by atoms with E-state index in [1.807, 2.05) is 30.3 Å². The Morgan fingerprint density at radius 2 is 1.71 bits per heavy atom. The van der Waals surface area contributed by atoms with Crippen molar-refractivity contribution in [3.63, 3.8) is 0 Å². The number of aryl methyl sites for hydroxylation is 1. The van der Waals surface area contributed by atoms with Gasteiger partial charge < -0.3 is 9.97 Å². The Balaban J connectivity index is 1.63. The highest BCUT2D eigenvalue weighted by atomic mass is 32.1. The van der Waals surface area contributed by atoms with Crippen LogP contribution in [0, 0.1) is 6.92 Å². The fourth-order valence-electron chi connectivity index (χ4n) is 4.15. The lowest BCUT2D eigenvalue weighted by Crippen LogP contribution is -2.13. The number of nitrogens with one attached hydrogen (secondary N) is 2. The molecule has 34 heavy (non-hydrogen) atoms. The van der Waals surface area contributed by atoms with Crippen LogP contribution < -0.4 is 11.1 Å². The van der Waals surface area contributed by atoms with E-state index in [-0.39, 0.29) is 11.1 Å². The summed E-state index contributed by atoms with van der Waals surface area (Å²) < 4.78 is 0. The van der Waals surface area contributed by atoms with Crippen molar-refractivity contribution in [2.24, 2.45) is 0 Å². The zero-order valence-electron chi connectivity index (χ0n) is 18.1. The molecule has 2 N–H and O–H groups in total. The molecule has 7 heteroatoms. The predicted octanol–water partition coefficient (Wildman–Crippen LogP) is 5.53. The van der Waals surface area contributed by atoms with Crippen molar-refractivity contribution >= 4 is 33.3 Å². The van der Waals surface area contributed by atoms with Crippen LogP contribution in [0.25, 0.3) is 54.9 Å². The fraction of sp³-hybridized carbons (Fsp3) is 0.0370. The van der Waals surface area contributed by atoms with Crippen molar-refractivity contribution in [3.05, 3.63) is 105 Å². The molecule has 1 aromatic carbocycles. The average Bonchev–Trinajstić information content (AvgIpc) is 3.28. The lowest BCUT2D eigenvalue weighted by atomic mass is 9.99. The van der Waals surface area contributed by atoms with Crippen molar-refractivity contribution < 1.29 is 0 Å². The molecule has 0 bridgehead atoms. The maximum atomic E-state index is 12.9. The number of hydrogen-bond donors (Lipinski definition) is 2. The van der Waals surface area contributed by atoms with E-state index in [1.165, 1.54) is 10.9 Å². The van der Waals surface area contributed by atoms with Gasteiger partial charge in [-0.3, -0.25) is 14.6 Å². The van der Waals surface area contributed by atoms with Crippen LogP contribution in [0.15, 0.2) is 88.6 Å². The topological polar surface area (TPSA) is 91.5 Å². The molecule has 164 valence electrons. The minimum atomic E-state index is -0.306. The van der Waals surface area contributed by atoms with E-state index >= 15 is 0 Å². The molecule has 0 aliphatic carbocycles. The van der Waals surface area contributed by atoms with Crippen LogP contribution in [-0.2, 0) is 0 Å². The van der Waals surface area contributed by atoms with Gasteiger partial charge in [-0.15, -0.1) is 11.3 Å². The molecule has 6 nitrogen and oxygen atoms in total. The first-order chi connectivity index (χ1) is 16.5. The second-order valence-corrected chi connectivity index (χ2v) is 9.37. The van der Waals surface area contributed by atoms with Crippen molar-refractivity contribution in [2.45, 2.75) is 6.92 Å². The second kappa shape index (κ2) is 7.90. The van der Waals surface area contributed by atoms with Crippen LogP contribution in [0.1, 0.15) is 4.88 Å². The minimum absolute atomic E-state index is 0.260. The number of nitrogens with zero attached hydrogens (tertiary/aromatic N) is 2. The highest BCUT2D eigenvalue weighted by Crippen LogP contribution is 2.37. The standard InChI is InChI=1S/C27H18N4O2S/c1-15-7-10-23(34-15)25-19(16-8-9-21-17(12-16)4-3-11-28-21)13-18-14-20(27(33)31-26(18)30-25)22-5-2-6-24(32)29-22/h2-14H,1H3,(H,29,32)(H,30,31,33). The number of rotatable bonds is 3. The summed E-state index contributed by atoms with van der Waals surface area (Å²) in [5.41, 5.74) is 4.49. The number of thiophene rings is 1. The molecule has 6 rings (SSSR count). The van der Waals surface area contributed by atoms with Gasteiger partial charge in [0.25, 0.3) is 5.56 Å². The van der Waals surface area contributed by atoms with Gasteiger partial charge >= 0.3 is 0 Å². The average molecular weight is 463 g/mol. The molecule has 0 aliphatic heterocycles. The molecule has 5 heterocycles. The fourth-order valence-corrected chi connectivity index (χ4v) is 5.02. The van der Waals surface area contributed by atoms with Gasteiger partial charge in [-0.1, -0.05) is 18.2 Å². The number of H-pyrrole nitrogens is 2. The van der Waals surface area contributed by atoms with Gasteiger partial charge in [0, 0.05) is 33.5 Å². The molecule has 0 spiro atoms. The molecule has 0 saturated carbocycles. The first-order valence-corrected chi connectivity index (χ1v) is 11.6. The van der Waals surface area contributed by atoms with E-state index in [0.29, 0.717) is 16.9 Å². The summed E-state index contributed by atoms with van der Waals surface area (Å²) >= 11 is 1.66. The summed E-state index contributed by atoms with van der Waals surface area (Å²) in [5.74, 6) is 0. The maximum absolute atomic E-state index is 12.9. The SMILES string of the molecule is Cc1ccc(-c2nc3[nH]c(=O)c(-c4cccc(=O)[nH]4)cc3cc2-c2ccc3ncccc3c2)s1. The minimum Gasteiger partial charge on any atom is -0.322 e. The van der Waals surface area contributed by atoms with Crippen molar-refractivity contribution in [1.29, 1.82) is 0 Å². The van der Waals surface area contributed by atoms with Gasteiger partial charge in [-0.05, 0) is 61.0 Å². The maximum Gasteiger partial charge on any atom is 0.258 e. The first kappa shape index (κ1) is 20.3. The normalized spacial score (nSPS) is 11.3. The van der Waals surface area contributed by atoms with Crippen LogP contribution in [-0.4, -0.2) is 19.9 Å². The molecule has 0 unspecified atom stereocenters. The third-order valence-electron chi connectivity index (χ3n) is 5.77. The number of hydrogen-bond acceptors (Lipinski definition) is 5. The Morgan fingerprint density at radius 3 is 2.53 bits per heavy atom. The summed E-state index contributed by atoms with van der Waals surface area (Å²) in [6.45, 7) is 2.06. The molecule has 0 atom stereocenters. The van der Waals surface area contributed by atoms with Crippen LogP contribution in [0.2, 0.25) is 0 Å². The van der Waals surface area contributed by atoms with Crippen molar-refractivity contribution in [3.8, 4) is 33.0 Å². The first-order valence-electron chi connectivity index (χ1n) is 10.7. The van der Waals surface area contributed by atoms with E-state index in [1.54, 1.807) is 35.7 Å². The lowest BCUT2D eigenvalue weighted by molar-refractivity contribution is 1.20. The van der Waals surface area contributed by atoms with Gasteiger partial charge in [-0.2, -0.15) is 0 Å². The van der Waals surface area contributed by atoms with Crippen LogP contribution in [0.5, 0.6) is 0 Å². The smallest absolute Gasteiger partial charge is 0.258 e. The van der Waals surface area contributed by atoms with E-state index < -0.39 is 0 Å². The summed E-state index contributed by atoms with van der Waals surface area (Å²) in [7, 11) is 0. The highest BCUT2D eigenvalue weighted by molar-refractivity contribution is 7.15. The Labute approximate surface area is 197 Å². The van der Waals surface area contributed by atoms with Gasteiger partial charge in [0.1, 0.15) is 5.65 Å². The molecular weight excluding hydrogens is 444 g/mol. The Morgan fingerprint density at radius 1 is 0.824 bits per heavy atom. The largest absolute Gasteiger partial charge is 0.322 e. The van der Waals surface area contributed by atoms with Gasteiger partial charge in [-0.25, -0.2) is 4.98 Å². The number of pyridine rings is 4. The van der Waals surface area contributed by atoms with Gasteiger partial charge in [0.05, 0.1) is 27.3 Å². The van der Waals surface area contributed by atoms with Crippen LogP contribution >= 0.6 is 11.3 Å². The van der Waals surface area contributed by atoms with E-state index in [9.17, 15) is 9.59 Å². The second-order valence-electron chi connectivity index (χ2n) is 8.08. The number of benzene rings is 1. The molecule has 5 aromatic heterocycles. The zero-order valence-corrected chi connectivity index (χ0v) is 18.9. The predicted molar refractivity (Wildman–Crippen MR) is 137 cm³/mol. The monoisotopic (exact) mass is 462 g/mol. The summed E-state index contributed by atoms with van der Waals surface area (Å²) in [6.07, 6.45) is 1.78. The molecule has 0 aliphatic rings. The van der Waals surface area contributed by atoms with E-state index in [4.69, 9.17) is 4.98 Å². The van der Waals surface area contributed by atoms with Crippen LogP contribution in [0.3, 0.4) is 0 Å². The molecule has 0 amide bonds. The molecule has 0 radical (unpaired) electrons. The quantitative estimate of drug-likeness (QED) is 0.362. The van der Waals surface area contributed by atoms with Crippen molar-refractivity contribution in [2.75, 3.05) is 0 Å². The third-order valence-corrected chi connectivity index (χ3v) is 6.78. The number of aromatic amines is 2. The molecule has 0 saturated heterocycles. The number of fused-ring (bicyclic) bond motifs is 2. The van der Waals surface area contributed by atoms with Crippen LogP contribution in [0.4, 0.5) is 0 Å². The molecule has 0 fully saturated rings. The van der Waals surface area contributed by atoms with Gasteiger partial charge in [0.2, 0.25) is 5.56 Å². The molecular formula is C27H18N4O2S. The summed E-state index contributed by atoms with van der Waals surface area (Å²) in [5, 5.41) is 1.81. The Bertz CT molecular complexity index is 1830. The Kier molecular flexibility index (Phi) is 4.71. The van der Waals surface area contributed by atoms with E-state index in [2.05, 4.69) is 40.1 Å². The van der Waals surface area contributed by atoms with E-state index in [0.717, 1.165) is 38.0 Å². The van der Waals surface area contributed by atoms with Gasteiger partial charge in [0.15, 0.2) is 0 Å². The third kappa shape index (κ3) is 3.52. The summed E-state index contributed by atoms with van der Waals surface area (Å²) in [4.78, 5) is 41.9. The summed E-state index contributed by atoms with van der Waals surface area (Å²) in [6, 6.07) is 22.8. The molecule has 6 aromatic rings. The number of aromatic nitrogens is 4. The Hall–Kier alpha value is -4.36. The zero-order chi connectivity index (χ0) is 23.2. The highest BCUT2D eigenvalue weighted by Gasteiger charge is 2.16. The lowest BCUT2D eigenvalue weighted by Gasteiger charge is -2.12. The van der Waals surface area contributed by atoms with Crippen molar-refractivity contribution in [1.82, 2.24) is 19.9 Å².